The first-order valence-corrected chi connectivity index (χ1v) is 19.8. The molecule has 12 nitrogen and oxygen atoms in total. The number of hydrogen-bond acceptors (Lipinski definition) is 10. The molecule has 3 saturated carbocycles. The lowest BCUT2D eigenvalue weighted by atomic mass is 9.67. The molecule has 2 amide bonds. The summed E-state index contributed by atoms with van der Waals surface area (Å²) in [6.07, 6.45) is 13.1. The molecule has 0 aromatic rings. The van der Waals surface area contributed by atoms with Crippen molar-refractivity contribution in [2.75, 3.05) is 32.9 Å². The van der Waals surface area contributed by atoms with Gasteiger partial charge in [0.2, 0.25) is 0 Å². The smallest absolute Gasteiger partial charge is 0.408 e. The van der Waals surface area contributed by atoms with Gasteiger partial charge in [-0.25, -0.2) is 24.2 Å². The van der Waals surface area contributed by atoms with E-state index in [0.29, 0.717) is 30.7 Å². The Labute approximate surface area is 313 Å². The molecule has 4 N–H and O–H groups in total. The Balaban J connectivity index is 1.55. The van der Waals surface area contributed by atoms with Gasteiger partial charge in [0.1, 0.15) is 32.0 Å². The van der Waals surface area contributed by atoms with Crippen molar-refractivity contribution in [3.63, 3.8) is 0 Å². The summed E-state index contributed by atoms with van der Waals surface area (Å²) in [7, 11) is 0. The lowest BCUT2D eigenvalue weighted by Gasteiger charge is -2.45. The second-order valence-corrected chi connectivity index (χ2v) is 16.7. The van der Waals surface area contributed by atoms with Gasteiger partial charge in [-0.2, -0.15) is 0 Å². The number of amides is 2. The number of carbonyl (C=O) groups excluding carboxylic acids is 3. The average molecular weight is 735 g/mol. The van der Waals surface area contributed by atoms with Crippen molar-refractivity contribution in [2.45, 2.75) is 167 Å². The van der Waals surface area contributed by atoms with E-state index in [0.717, 1.165) is 56.9 Å². The second-order valence-electron chi connectivity index (χ2n) is 16.7. The van der Waals surface area contributed by atoms with Gasteiger partial charge in [-0.15, -0.1) is 0 Å². The van der Waals surface area contributed by atoms with Crippen LogP contribution in [0.15, 0.2) is 24.3 Å². The Hall–Kier alpha value is -2.67. The Morgan fingerprint density at radius 1 is 0.654 bits per heavy atom. The van der Waals surface area contributed by atoms with Crippen molar-refractivity contribution in [3.05, 3.63) is 24.3 Å². The largest absolute Gasteiger partial charge is 0.458 e. The van der Waals surface area contributed by atoms with Crippen molar-refractivity contribution >= 4 is 18.2 Å². The predicted octanol–water partition coefficient (Wildman–Crippen LogP) is 7.03. The normalized spacial score (nSPS) is 21.7. The number of carbonyl (C=O) groups is 3. The lowest BCUT2D eigenvalue weighted by Crippen LogP contribution is -2.56. The summed E-state index contributed by atoms with van der Waals surface area (Å²) in [5.74, 6) is -0.214. The summed E-state index contributed by atoms with van der Waals surface area (Å²) in [6, 6.07) is 0.773. The second kappa shape index (κ2) is 21.9. The van der Waals surface area contributed by atoms with Gasteiger partial charge in [-0.05, 0) is 98.3 Å². The monoisotopic (exact) mass is 735 g/mol. The van der Waals surface area contributed by atoms with E-state index in [1.165, 1.54) is 38.5 Å². The highest BCUT2D eigenvalue weighted by Gasteiger charge is 2.41. The molecule has 0 saturated heterocycles. The van der Waals surface area contributed by atoms with Crippen molar-refractivity contribution < 1.29 is 38.4 Å². The molecule has 0 spiro atoms. The van der Waals surface area contributed by atoms with E-state index in [1.54, 1.807) is 6.92 Å². The molecule has 4 atom stereocenters. The molecule has 3 fully saturated rings. The SMILES string of the molecule is C=C(C)COOCC(CNC1CCCCC1)OC(=O)NC(C)(C)C1CCCC(C(C)(C)NC(=O)OC(CNC2CCCCC2)COC(=O)C(=C)C)C1. The van der Waals surface area contributed by atoms with Gasteiger partial charge in [-0.1, -0.05) is 63.7 Å². The number of nitrogens with one attached hydrogen (secondary N) is 4. The molecule has 52 heavy (non-hydrogen) atoms. The van der Waals surface area contributed by atoms with Crippen LogP contribution in [0.3, 0.4) is 0 Å². The van der Waals surface area contributed by atoms with E-state index < -0.39 is 41.4 Å². The third kappa shape index (κ3) is 16.1. The van der Waals surface area contributed by atoms with Crippen LogP contribution in [0.25, 0.3) is 0 Å². The molecule has 298 valence electrons. The molecule has 3 aliphatic rings. The highest BCUT2D eigenvalue weighted by atomic mass is 17.2. The number of alkyl carbamates (subject to hydrolysis) is 2. The zero-order valence-electron chi connectivity index (χ0n) is 33.1. The minimum atomic E-state index is -0.640. The minimum absolute atomic E-state index is 0.0497. The molecule has 4 unspecified atom stereocenters. The molecule has 12 heteroatoms. The van der Waals surface area contributed by atoms with Gasteiger partial charge in [-0.3, -0.25) is 0 Å². The van der Waals surface area contributed by atoms with Crippen LogP contribution in [0.1, 0.15) is 131 Å². The van der Waals surface area contributed by atoms with Gasteiger partial charge in [0.15, 0.2) is 0 Å². The maximum absolute atomic E-state index is 13.3. The molecule has 0 bridgehead atoms. The van der Waals surface area contributed by atoms with Crippen LogP contribution in [0.5, 0.6) is 0 Å². The van der Waals surface area contributed by atoms with Crippen molar-refractivity contribution in [2.24, 2.45) is 11.8 Å². The summed E-state index contributed by atoms with van der Waals surface area (Å²) >= 11 is 0. The van der Waals surface area contributed by atoms with Crippen LogP contribution >= 0.6 is 0 Å². The first kappa shape index (κ1) is 43.7. The van der Waals surface area contributed by atoms with Crippen LogP contribution in [-0.2, 0) is 28.8 Å². The van der Waals surface area contributed by atoms with Crippen LogP contribution in [-0.4, -0.2) is 86.4 Å². The minimum Gasteiger partial charge on any atom is -0.458 e. The number of ether oxygens (including phenoxy) is 3. The standard InChI is InChI=1S/C40H70N4O8/c1-28(2)25-49-50-27-35(24-42-33-20-13-10-14-21-33)52-38(47)44-40(7,8)31-17-15-16-30(22-31)39(5,6)43-37(46)51-34(26-48-36(45)29(3)4)23-41-32-18-11-9-12-19-32/h30-35,41-42H,1,3,9-27H2,2,4-8H3,(H,43,46)(H,44,47). The summed E-state index contributed by atoms with van der Waals surface area (Å²) in [4.78, 5) is 49.4. The van der Waals surface area contributed by atoms with Gasteiger partial charge in [0.05, 0.1) is 0 Å². The van der Waals surface area contributed by atoms with E-state index in [4.69, 9.17) is 24.0 Å². The van der Waals surface area contributed by atoms with Crippen LogP contribution in [0.2, 0.25) is 0 Å². The number of esters is 1. The first-order valence-electron chi connectivity index (χ1n) is 19.8. The number of hydrogen-bond donors (Lipinski definition) is 4. The fourth-order valence-electron chi connectivity index (χ4n) is 7.63. The fourth-order valence-corrected chi connectivity index (χ4v) is 7.63. The topological polar surface area (TPSA) is 145 Å². The molecule has 0 heterocycles. The molecule has 0 radical (unpaired) electrons. The summed E-state index contributed by atoms with van der Waals surface area (Å²) in [5, 5.41) is 13.3. The fraction of sp³-hybridized carbons (Fsp3) is 0.825. The zero-order chi connectivity index (χ0) is 38.1. The Morgan fingerprint density at radius 2 is 1.12 bits per heavy atom. The highest BCUT2D eigenvalue weighted by Crippen LogP contribution is 2.40. The Morgan fingerprint density at radius 3 is 1.56 bits per heavy atom. The van der Waals surface area contributed by atoms with Gasteiger partial charge in [0.25, 0.3) is 0 Å². The summed E-state index contributed by atoms with van der Waals surface area (Å²) in [5.41, 5.74) is -0.00882. The maximum Gasteiger partial charge on any atom is 0.408 e. The van der Waals surface area contributed by atoms with E-state index >= 15 is 0 Å². The Kier molecular flexibility index (Phi) is 18.4. The summed E-state index contributed by atoms with van der Waals surface area (Å²) in [6.45, 7) is 20.2. The molecular formula is C40H70N4O8. The van der Waals surface area contributed by atoms with E-state index in [2.05, 4.69) is 34.4 Å². The zero-order valence-corrected chi connectivity index (χ0v) is 33.1. The molecule has 0 aliphatic heterocycles. The van der Waals surface area contributed by atoms with Gasteiger partial charge in [0, 0.05) is 41.8 Å². The average Bonchev–Trinajstić information content (AvgIpc) is 3.10. The molecule has 3 aliphatic carbocycles. The third-order valence-electron chi connectivity index (χ3n) is 11.0. The molecule has 0 aromatic carbocycles. The molecular weight excluding hydrogens is 664 g/mol. The van der Waals surface area contributed by atoms with Crippen LogP contribution in [0.4, 0.5) is 9.59 Å². The predicted molar refractivity (Wildman–Crippen MR) is 203 cm³/mol. The van der Waals surface area contributed by atoms with E-state index in [1.807, 2.05) is 34.6 Å². The number of rotatable bonds is 20. The highest BCUT2D eigenvalue weighted by molar-refractivity contribution is 5.86. The van der Waals surface area contributed by atoms with Crippen molar-refractivity contribution in [1.29, 1.82) is 0 Å². The van der Waals surface area contributed by atoms with Gasteiger partial charge >= 0.3 is 18.2 Å². The van der Waals surface area contributed by atoms with Crippen molar-refractivity contribution in [1.82, 2.24) is 21.3 Å². The summed E-state index contributed by atoms with van der Waals surface area (Å²) < 4.78 is 17.2. The van der Waals surface area contributed by atoms with Crippen molar-refractivity contribution in [3.8, 4) is 0 Å². The van der Waals surface area contributed by atoms with E-state index in [-0.39, 0.29) is 31.7 Å². The van der Waals surface area contributed by atoms with Gasteiger partial charge < -0.3 is 35.5 Å². The molecule has 3 rings (SSSR count). The van der Waals surface area contributed by atoms with Crippen LogP contribution in [0, 0.1) is 11.8 Å². The maximum atomic E-state index is 13.3. The Bertz CT molecular complexity index is 1150. The first-order chi connectivity index (χ1) is 24.6. The third-order valence-corrected chi connectivity index (χ3v) is 11.0. The molecule has 0 aromatic heterocycles. The van der Waals surface area contributed by atoms with E-state index in [9.17, 15) is 14.4 Å². The lowest BCUT2D eigenvalue weighted by molar-refractivity contribution is -0.298. The quantitative estimate of drug-likeness (QED) is 0.0196. The van der Waals surface area contributed by atoms with Crippen LogP contribution < -0.4 is 21.3 Å².